The van der Waals surface area contributed by atoms with Gasteiger partial charge in [-0.05, 0) is 18.2 Å². The Morgan fingerprint density at radius 3 is 2.84 bits per heavy atom. The second-order valence-electron chi connectivity index (χ2n) is 4.65. The maximum absolute atomic E-state index is 9.41. The van der Waals surface area contributed by atoms with Gasteiger partial charge in [0.25, 0.3) is 0 Å². The zero-order valence-electron chi connectivity index (χ0n) is 10.9. The predicted octanol–water partition coefficient (Wildman–Crippen LogP) is 1.64. The molecule has 2 aromatic rings. The monoisotopic (exact) mass is 257 g/mol. The van der Waals surface area contributed by atoms with Crippen LogP contribution in [-0.4, -0.2) is 38.9 Å². The highest BCUT2D eigenvalue weighted by molar-refractivity contribution is 5.61. The molecule has 0 radical (unpaired) electrons. The molecule has 6 heteroatoms. The molecule has 98 valence electrons. The van der Waals surface area contributed by atoms with Crippen molar-refractivity contribution in [2.24, 2.45) is 0 Å². The number of fused-ring (bicyclic) bond motifs is 1. The van der Waals surface area contributed by atoms with Crippen molar-refractivity contribution in [2.45, 2.75) is 6.67 Å². The fraction of sp³-hybridized carbons (Fsp3) is 0.231. The Morgan fingerprint density at radius 1 is 1.32 bits per heavy atom. The van der Waals surface area contributed by atoms with Crippen molar-refractivity contribution in [3.05, 3.63) is 36.6 Å². The Kier molecular flexibility index (Phi) is 2.72. The molecule has 3 heterocycles. The Morgan fingerprint density at radius 2 is 2.16 bits per heavy atom. The van der Waals surface area contributed by atoms with Crippen molar-refractivity contribution in [1.29, 1.82) is 0 Å². The summed E-state index contributed by atoms with van der Waals surface area (Å²) in [6.07, 6.45) is 7.09. The van der Waals surface area contributed by atoms with Crippen LogP contribution in [0, 0.1) is 0 Å². The summed E-state index contributed by atoms with van der Waals surface area (Å²) < 4.78 is 1.88. The van der Waals surface area contributed by atoms with E-state index in [0.717, 1.165) is 28.0 Å². The molecule has 1 N–H and O–H groups in total. The predicted molar refractivity (Wildman–Crippen MR) is 72.4 cm³/mol. The molecule has 0 aliphatic carbocycles. The van der Waals surface area contributed by atoms with Crippen LogP contribution in [0.1, 0.15) is 5.82 Å². The molecule has 0 amide bonds. The maximum Gasteiger partial charge on any atom is 0.136 e. The van der Waals surface area contributed by atoms with Gasteiger partial charge >= 0.3 is 0 Å². The number of anilines is 1. The van der Waals surface area contributed by atoms with Gasteiger partial charge in [-0.2, -0.15) is 0 Å². The number of hydroxylamine groups is 2. The third kappa shape index (κ3) is 2.17. The first-order chi connectivity index (χ1) is 9.13. The lowest BCUT2D eigenvalue weighted by molar-refractivity contribution is -0.0696. The highest BCUT2D eigenvalue weighted by atomic mass is 16.5. The van der Waals surface area contributed by atoms with Crippen molar-refractivity contribution in [3.8, 4) is 11.3 Å². The number of pyridine rings is 1. The third-order valence-corrected chi connectivity index (χ3v) is 3.00. The van der Waals surface area contributed by atoms with Crippen LogP contribution < -0.4 is 4.90 Å². The normalized spacial score (nSPS) is 13.5. The van der Waals surface area contributed by atoms with Crippen molar-refractivity contribution < 1.29 is 5.21 Å². The van der Waals surface area contributed by atoms with Crippen LogP contribution >= 0.6 is 0 Å². The van der Waals surface area contributed by atoms with E-state index in [0.29, 0.717) is 6.67 Å². The summed E-state index contributed by atoms with van der Waals surface area (Å²) in [5, 5.41) is 10.5. The number of nitrogens with zero attached hydrogens (tertiary/aromatic N) is 5. The van der Waals surface area contributed by atoms with Crippen LogP contribution in [0.25, 0.3) is 17.3 Å². The van der Waals surface area contributed by atoms with E-state index in [2.05, 4.69) is 9.97 Å². The van der Waals surface area contributed by atoms with E-state index in [1.54, 1.807) is 12.3 Å². The number of hydrogen-bond acceptors (Lipinski definition) is 5. The lowest BCUT2D eigenvalue weighted by Gasteiger charge is -2.17. The zero-order valence-corrected chi connectivity index (χ0v) is 10.9. The Labute approximate surface area is 111 Å². The van der Waals surface area contributed by atoms with Gasteiger partial charge in [-0.3, -0.25) is 5.21 Å². The lowest BCUT2D eigenvalue weighted by Crippen LogP contribution is -2.20. The summed E-state index contributed by atoms with van der Waals surface area (Å²) >= 11 is 0. The van der Waals surface area contributed by atoms with E-state index >= 15 is 0 Å². The molecular weight excluding hydrogens is 242 g/mol. The van der Waals surface area contributed by atoms with Crippen LogP contribution in [0.2, 0.25) is 0 Å². The maximum atomic E-state index is 9.41. The van der Waals surface area contributed by atoms with Gasteiger partial charge in [0.1, 0.15) is 18.3 Å². The van der Waals surface area contributed by atoms with E-state index in [9.17, 15) is 5.21 Å². The average molecular weight is 257 g/mol. The summed E-state index contributed by atoms with van der Waals surface area (Å²) in [6, 6.07) is 3.96. The minimum atomic E-state index is 0.391. The van der Waals surface area contributed by atoms with E-state index in [1.165, 1.54) is 0 Å². The summed E-state index contributed by atoms with van der Waals surface area (Å²) in [5.41, 5.74) is 1.82. The van der Waals surface area contributed by atoms with Gasteiger partial charge in [0.15, 0.2) is 0 Å². The van der Waals surface area contributed by atoms with Crippen LogP contribution in [-0.2, 0) is 6.67 Å². The van der Waals surface area contributed by atoms with Gasteiger partial charge in [0.05, 0.1) is 5.69 Å². The van der Waals surface area contributed by atoms with Crippen LogP contribution in [0.5, 0.6) is 0 Å². The van der Waals surface area contributed by atoms with Gasteiger partial charge in [0.2, 0.25) is 0 Å². The molecule has 2 aromatic heterocycles. The fourth-order valence-corrected chi connectivity index (χ4v) is 1.97. The van der Waals surface area contributed by atoms with Crippen LogP contribution in [0.4, 0.5) is 5.82 Å². The molecule has 0 atom stereocenters. The molecule has 19 heavy (non-hydrogen) atoms. The summed E-state index contributed by atoms with van der Waals surface area (Å²) in [6.45, 7) is 0.391. The first-order valence-corrected chi connectivity index (χ1v) is 5.98. The lowest BCUT2D eigenvalue weighted by atomic mass is 10.2. The first kappa shape index (κ1) is 11.7. The van der Waals surface area contributed by atoms with Crippen molar-refractivity contribution in [2.75, 3.05) is 19.0 Å². The van der Waals surface area contributed by atoms with Crippen molar-refractivity contribution in [1.82, 2.24) is 19.6 Å². The molecule has 0 fully saturated rings. The minimum absolute atomic E-state index is 0.391. The quantitative estimate of drug-likeness (QED) is 0.886. The molecule has 0 bridgehead atoms. The van der Waals surface area contributed by atoms with E-state index in [1.807, 2.05) is 48.1 Å². The summed E-state index contributed by atoms with van der Waals surface area (Å²) in [5.74, 6) is 1.74. The largest absolute Gasteiger partial charge is 0.363 e. The zero-order chi connectivity index (χ0) is 13.4. The Hall–Kier alpha value is -2.34. The number of hydrogen-bond donors (Lipinski definition) is 1. The van der Waals surface area contributed by atoms with Gasteiger partial charge in [-0.15, -0.1) is 0 Å². The van der Waals surface area contributed by atoms with Crippen LogP contribution in [0.15, 0.2) is 30.7 Å². The van der Waals surface area contributed by atoms with E-state index in [4.69, 9.17) is 0 Å². The van der Waals surface area contributed by atoms with E-state index in [-0.39, 0.29) is 0 Å². The number of rotatable bonds is 2. The molecular formula is C13H15N5O. The average Bonchev–Trinajstić information content (AvgIpc) is 2.81. The number of aromatic nitrogens is 3. The molecule has 1 aliphatic rings. The SMILES string of the molecule is CN(C)c1ccc(-c2cn3c(n2)C=CN(O)C3)cn1. The molecule has 0 saturated heterocycles. The smallest absolute Gasteiger partial charge is 0.136 e. The molecule has 0 spiro atoms. The molecule has 0 saturated carbocycles. The van der Waals surface area contributed by atoms with E-state index < -0.39 is 0 Å². The molecule has 6 nitrogen and oxygen atoms in total. The van der Waals surface area contributed by atoms with Crippen molar-refractivity contribution >= 4 is 11.9 Å². The molecule has 0 unspecified atom stereocenters. The van der Waals surface area contributed by atoms with Gasteiger partial charge in [-0.25, -0.2) is 15.0 Å². The molecule has 3 rings (SSSR count). The van der Waals surface area contributed by atoms with Gasteiger partial charge < -0.3 is 9.47 Å². The Balaban J connectivity index is 1.93. The second-order valence-corrected chi connectivity index (χ2v) is 4.65. The Bertz CT molecular complexity index is 614. The molecule has 0 aromatic carbocycles. The van der Waals surface area contributed by atoms with Gasteiger partial charge in [0, 0.05) is 38.3 Å². The summed E-state index contributed by atoms with van der Waals surface area (Å²) in [4.78, 5) is 10.8. The fourth-order valence-electron chi connectivity index (χ4n) is 1.97. The summed E-state index contributed by atoms with van der Waals surface area (Å²) in [7, 11) is 3.91. The van der Waals surface area contributed by atoms with Gasteiger partial charge in [-0.1, -0.05) is 0 Å². The minimum Gasteiger partial charge on any atom is -0.363 e. The first-order valence-electron chi connectivity index (χ1n) is 5.98. The topological polar surface area (TPSA) is 57.4 Å². The highest BCUT2D eigenvalue weighted by Gasteiger charge is 2.12. The van der Waals surface area contributed by atoms with Crippen LogP contribution in [0.3, 0.4) is 0 Å². The van der Waals surface area contributed by atoms with Crippen molar-refractivity contribution in [3.63, 3.8) is 0 Å². The molecule has 1 aliphatic heterocycles. The standard InChI is InChI=1S/C13H15N5O/c1-16(2)12-4-3-10(7-14-12)11-8-17-9-18(19)6-5-13(17)15-11/h3-8,19H,9H2,1-2H3. The highest BCUT2D eigenvalue weighted by Crippen LogP contribution is 2.22. The third-order valence-electron chi connectivity index (χ3n) is 3.00. The second kappa shape index (κ2) is 4.40. The number of imidazole rings is 1.